The van der Waals surface area contributed by atoms with Gasteiger partial charge < -0.3 is 9.16 Å². The first kappa shape index (κ1) is 15.5. The van der Waals surface area contributed by atoms with E-state index in [1.165, 1.54) is 57.4 Å². The van der Waals surface area contributed by atoms with Crippen molar-refractivity contribution in [1.29, 1.82) is 0 Å². The highest BCUT2D eigenvalue weighted by Crippen LogP contribution is 2.41. The Bertz CT molecular complexity index is 267. The van der Waals surface area contributed by atoms with Gasteiger partial charge >= 0.3 is 0 Å². The van der Waals surface area contributed by atoms with E-state index in [0.717, 1.165) is 12.5 Å². The van der Waals surface area contributed by atoms with Gasteiger partial charge in [-0.1, -0.05) is 32.1 Å². The molecule has 1 aliphatic heterocycles. The topological polar surface area (TPSA) is 21.8 Å². The summed E-state index contributed by atoms with van der Waals surface area (Å²) in [4.78, 5) is 0. The van der Waals surface area contributed by atoms with Crippen molar-refractivity contribution in [2.24, 2.45) is 5.92 Å². The maximum absolute atomic E-state index is 5.87. The molecule has 3 unspecified atom stereocenters. The summed E-state index contributed by atoms with van der Waals surface area (Å²) < 4.78 is 11.5. The highest BCUT2D eigenvalue weighted by atomic mass is 28.4. The largest absolute Gasteiger partial charge is 0.418 e. The third-order valence-corrected chi connectivity index (χ3v) is 7.42. The van der Waals surface area contributed by atoms with Crippen LogP contribution in [-0.4, -0.2) is 27.1 Å². The average molecular weight is 285 g/mol. The predicted octanol–water partition coefficient (Wildman–Crippen LogP) is 4.75. The van der Waals surface area contributed by atoms with Gasteiger partial charge in [-0.05, 0) is 51.2 Å². The Morgan fingerprint density at radius 3 is 2.58 bits per heavy atom. The number of unbranched alkanes of at least 4 members (excludes halogenated alkanes) is 3. The lowest BCUT2D eigenvalue weighted by Crippen LogP contribution is -2.29. The second kappa shape index (κ2) is 7.23. The Balaban J connectivity index is 1.43. The fourth-order valence-electron chi connectivity index (χ4n) is 3.55. The predicted molar refractivity (Wildman–Crippen MR) is 83.0 cm³/mol. The first-order valence-electron chi connectivity index (χ1n) is 8.40. The minimum absolute atomic E-state index is 0.664. The lowest BCUT2D eigenvalue weighted by Gasteiger charge is -2.22. The van der Waals surface area contributed by atoms with Gasteiger partial charge in [-0.15, -0.1) is 0 Å². The summed E-state index contributed by atoms with van der Waals surface area (Å²) in [6.07, 6.45) is 12.5. The molecule has 0 bridgehead atoms. The molecule has 0 amide bonds. The molecule has 3 atom stereocenters. The fourth-order valence-corrected chi connectivity index (χ4v) is 5.58. The van der Waals surface area contributed by atoms with Gasteiger partial charge in [-0.25, -0.2) is 0 Å². The molecule has 2 rings (SSSR count). The van der Waals surface area contributed by atoms with E-state index in [1.807, 2.05) is 0 Å². The number of epoxide rings is 1. The lowest BCUT2D eigenvalue weighted by atomic mass is 9.85. The Hall–Kier alpha value is 0.137. The van der Waals surface area contributed by atoms with Gasteiger partial charge in [-0.3, -0.25) is 0 Å². The summed E-state index contributed by atoms with van der Waals surface area (Å²) in [5.74, 6) is 0.970. The number of hydrogen-bond acceptors (Lipinski definition) is 2. The Morgan fingerprint density at radius 1 is 1.05 bits per heavy atom. The van der Waals surface area contributed by atoms with Crippen LogP contribution in [0.4, 0.5) is 0 Å². The molecule has 0 aromatic heterocycles. The SMILES string of the molecule is CCO[Si](C)(C)CCCCCCC1CCC2OC2C1. The van der Waals surface area contributed by atoms with E-state index in [2.05, 4.69) is 20.0 Å². The zero-order valence-corrected chi connectivity index (χ0v) is 14.1. The normalized spacial score (nSPS) is 30.2. The molecule has 1 aliphatic carbocycles. The molecule has 1 saturated heterocycles. The minimum Gasteiger partial charge on any atom is -0.418 e. The quantitative estimate of drug-likeness (QED) is 0.346. The van der Waals surface area contributed by atoms with Crippen LogP contribution in [0.1, 0.15) is 58.3 Å². The highest BCUT2D eigenvalue weighted by molar-refractivity contribution is 6.71. The summed E-state index contributed by atoms with van der Waals surface area (Å²) in [6.45, 7) is 7.72. The maximum Gasteiger partial charge on any atom is 0.186 e. The molecule has 2 aliphatic rings. The van der Waals surface area contributed by atoms with Crippen LogP contribution in [0.5, 0.6) is 0 Å². The molecule has 1 saturated carbocycles. The van der Waals surface area contributed by atoms with E-state index in [-0.39, 0.29) is 0 Å². The average Bonchev–Trinajstić information content (AvgIpc) is 3.11. The zero-order chi connectivity index (χ0) is 13.7. The molecule has 112 valence electrons. The van der Waals surface area contributed by atoms with Crippen LogP contribution < -0.4 is 0 Å². The van der Waals surface area contributed by atoms with Crippen LogP contribution in [0.15, 0.2) is 0 Å². The van der Waals surface area contributed by atoms with E-state index < -0.39 is 8.32 Å². The molecule has 3 heteroatoms. The van der Waals surface area contributed by atoms with E-state index in [4.69, 9.17) is 9.16 Å². The standard InChI is InChI=1S/C16H32O2Si/c1-4-17-19(2,3)12-8-6-5-7-9-14-10-11-15-16(13-14)18-15/h14-16H,4-13H2,1-3H3. The van der Waals surface area contributed by atoms with Gasteiger partial charge in [0.15, 0.2) is 8.32 Å². The Kier molecular flexibility index (Phi) is 5.91. The van der Waals surface area contributed by atoms with Gasteiger partial charge in [0.1, 0.15) is 0 Å². The second-order valence-electron chi connectivity index (χ2n) is 7.04. The van der Waals surface area contributed by atoms with Gasteiger partial charge in [0.25, 0.3) is 0 Å². The molecule has 0 aromatic carbocycles. The van der Waals surface area contributed by atoms with Crippen molar-refractivity contribution in [3.63, 3.8) is 0 Å². The summed E-state index contributed by atoms with van der Waals surface area (Å²) in [7, 11) is -1.32. The third kappa shape index (κ3) is 5.56. The van der Waals surface area contributed by atoms with Crippen molar-refractivity contribution >= 4 is 8.32 Å². The van der Waals surface area contributed by atoms with E-state index >= 15 is 0 Å². The first-order valence-corrected chi connectivity index (χ1v) is 11.5. The summed E-state index contributed by atoms with van der Waals surface area (Å²) in [6, 6.07) is 1.34. The van der Waals surface area contributed by atoms with Gasteiger partial charge in [0.2, 0.25) is 0 Å². The van der Waals surface area contributed by atoms with Crippen LogP contribution in [0.25, 0.3) is 0 Å². The minimum atomic E-state index is -1.32. The lowest BCUT2D eigenvalue weighted by molar-refractivity contribution is 0.326. The van der Waals surface area contributed by atoms with E-state index in [0.29, 0.717) is 12.2 Å². The summed E-state index contributed by atoms with van der Waals surface area (Å²) >= 11 is 0. The van der Waals surface area contributed by atoms with Crippen molar-refractivity contribution in [2.45, 2.75) is 89.6 Å². The van der Waals surface area contributed by atoms with Crippen LogP contribution in [0.2, 0.25) is 19.1 Å². The van der Waals surface area contributed by atoms with Crippen molar-refractivity contribution < 1.29 is 9.16 Å². The Morgan fingerprint density at radius 2 is 1.84 bits per heavy atom. The summed E-state index contributed by atoms with van der Waals surface area (Å²) in [5, 5.41) is 0. The van der Waals surface area contributed by atoms with Crippen LogP contribution >= 0.6 is 0 Å². The van der Waals surface area contributed by atoms with Crippen LogP contribution in [0, 0.1) is 5.92 Å². The number of hydrogen-bond donors (Lipinski definition) is 0. The molecule has 0 radical (unpaired) electrons. The highest BCUT2D eigenvalue weighted by Gasteiger charge is 2.43. The van der Waals surface area contributed by atoms with Crippen molar-refractivity contribution in [3.8, 4) is 0 Å². The number of rotatable bonds is 9. The molecular weight excluding hydrogens is 252 g/mol. The number of ether oxygens (including phenoxy) is 1. The van der Waals surface area contributed by atoms with Crippen molar-refractivity contribution in [2.75, 3.05) is 6.61 Å². The molecule has 0 spiro atoms. The van der Waals surface area contributed by atoms with E-state index in [9.17, 15) is 0 Å². The maximum atomic E-state index is 5.87. The van der Waals surface area contributed by atoms with E-state index in [1.54, 1.807) is 0 Å². The summed E-state index contributed by atoms with van der Waals surface area (Å²) in [5.41, 5.74) is 0. The molecule has 2 nitrogen and oxygen atoms in total. The third-order valence-electron chi connectivity index (χ3n) is 4.79. The van der Waals surface area contributed by atoms with Crippen LogP contribution in [-0.2, 0) is 9.16 Å². The number of fused-ring (bicyclic) bond motifs is 1. The van der Waals surface area contributed by atoms with Crippen molar-refractivity contribution in [1.82, 2.24) is 0 Å². The molecule has 2 fully saturated rings. The second-order valence-corrected chi connectivity index (χ2v) is 11.3. The molecule has 19 heavy (non-hydrogen) atoms. The smallest absolute Gasteiger partial charge is 0.186 e. The van der Waals surface area contributed by atoms with Gasteiger partial charge in [0.05, 0.1) is 12.2 Å². The fraction of sp³-hybridized carbons (Fsp3) is 1.00. The van der Waals surface area contributed by atoms with Crippen LogP contribution in [0.3, 0.4) is 0 Å². The monoisotopic (exact) mass is 284 g/mol. The molecule has 1 heterocycles. The van der Waals surface area contributed by atoms with Crippen molar-refractivity contribution in [3.05, 3.63) is 0 Å². The Labute approximate surface area is 120 Å². The van der Waals surface area contributed by atoms with Gasteiger partial charge in [-0.2, -0.15) is 0 Å². The van der Waals surface area contributed by atoms with Gasteiger partial charge in [0, 0.05) is 6.61 Å². The molecule has 0 aromatic rings. The molecule has 0 N–H and O–H groups in total. The first-order chi connectivity index (χ1) is 9.11. The zero-order valence-electron chi connectivity index (χ0n) is 13.1. The molecular formula is C16H32O2Si.